The van der Waals surface area contributed by atoms with Crippen molar-refractivity contribution in [1.29, 1.82) is 0 Å². The van der Waals surface area contributed by atoms with Crippen LogP contribution in [0.5, 0.6) is 0 Å². The molecule has 0 aliphatic heterocycles. The van der Waals surface area contributed by atoms with E-state index in [-0.39, 0.29) is 0 Å². The summed E-state index contributed by atoms with van der Waals surface area (Å²) in [5.74, 6) is 2.27. The number of pyridine rings is 1. The largest absolute Gasteiger partial charge is 0.758 e. The van der Waals surface area contributed by atoms with Gasteiger partial charge in [-0.05, 0) is 38.3 Å². The Hall–Kier alpha value is -2.16. The van der Waals surface area contributed by atoms with E-state index in [1.165, 1.54) is 11.8 Å². The van der Waals surface area contributed by atoms with Crippen LogP contribution in [0.25, 0.3) is 11.1 Å². The van der Waals surface area contributed by atoms with Gasteiger partial charge in [0.1, 0.15) is 0 Å². The van der Waals surface area contributed by atoms with Gasteiger partial charge in [0.05, 0.1) is 5.69 Å². The van der Waals surface area contributed by atoms with Crippen LogP contribution in [0, 0.1) is 13.8 Å². The van der Waals surface area contributed by atoms with Crippen LogP contribution in [0.15, 0.2) is 53.8 Å². The number of thioether (sulfide) groups is 1. The Morgan fingerprint density at radius 2 is 1.76 bits per heavy atom. The summed E-state index contributed by atoms with van der Waals surface area (Å²) >= 11 is 1.47. The van der Waals surface area contributed by atoms with Crippen LogP contribution in [-0.2, 0) is 0 Å². The Kier molecular flexibility index (Phi) is 5.09. The fraction of sp³-hybridized carbons (Fsp3) is 0.176. The first-order valence-electron chi connectivity index (χ1n) is 6.59. The molecule has 0 atom stereocenters. The molecular weight excluding hydrogens is 278 g/mol. The summed E-state index contributed by atoms with van der Waals surface area (Å²) in [5, 5.41) is 10.2. The summed E-state index contributed by atoms with van der Waals surface area (Å²) < 4.78 is 1.85. The van der Waals surface area contributed by atoms with Crippen molar-refractivity contribution in [2.24, 2.45) is 4.99 Å². The van der Waals surface area contributed by atoms with Gasteiger partial charge in [0.25, 0.3) is 5.70 Å². The highest BCUT2D eigenvalue weighted by Gasteiger charge is 2.16. The highest BCUT2D eigenvalue weighted by molar-refractivity contribution is 8.14. The Morgan fingerprint density at radius 1 is 1.14 bits per heavy atom. The van der Waals surface area contributed by atoms with Crippen molar-refractivity contribution in [3.8, 4) is 0 Å². The standard InChI is InChI=1S/C17H17N3S/c1-13-9-14(2)12-20(11-13)16(10-18)17(21-3)19-15-7-5-4-6-8-15/h4-9,11-12H,1-3H3. The van der Waals surface area contributed by atoms with Gasteiger partial charge in [-0.1, -0.05) is 18.2 Å². The second kappa shape index (κ2) is 7.02. The molecule has 0 aliphatic carbocycles. The minimum Gasteiger partial charge on any atom is -0.758 e. The molecule has 1 aromatic carbocycles. The van der Waals surface area contributed by atoms with Gasteiger partial charge in [0.2, 0.25) is 0 Å². The lowest BCUT2D eigenvalue weighted by Gasteiger charge is -2.05. The third-order valence-corrected chi connectivity index (χ3v) is 3.56. The van der Waals surface area contributed by atoms with Gasteiger partial charge in [-0.25, -0.2) is 4.99 Å². The van der Waals surface area contributed by atoms with Crippen molar-refractivity contribution in [1.82, 2.24) is 0 Å². The Bertz CT molecular complexity index is 694. The van der Waals surface area contributed by atoms with Crippen LogP contribution in [0.2, 0.25) is 0 Å². The van der Waals surface area contributed by atoms with Gasteiger partial charge in [-0.3, -0.25) is 0 Å². The van der Waals surface area contributed by atoms with Crippen LogP contribution in [0.4, 0.5) is 5.69 Å². The summed E-state index contributed by atoms with van der Waals surface area (Å²) in [6.07, 6.45) is 5.83. The molecule has 0 N–H and O–H groups in total. The SMILES string of the molecule is CSC(=Nc1ccccc1)C(=C=[N-])[n+]1cc(C)cc(C)c1. The van der Waals surface area contributed by atoms with Crippen molar-refractivity contribution in [2.75, 3.05) is 6.26 Å². The number of aromatic nitrogens is 1. The Morgan fingerprint density at radius 3 is 2.29 bits per heavy atom. The molecule has 21 heavy (non-hydrogen) atoms. The first kappa shape index (κ1) is 15.2. The number of para-hydroxylation sites is 1. The lowest BCUT2D eigenvalue weighted by atomic mass is 10.2. The number of aryl methyl sites for hydroxylation is 2. The maximum atomic E-state index is 9.54. The molecule has 2 aromatic rings. The van der Waals surface area contributed by atoms with Crippen LogP contribution < -0.4 is 4.57 Å². The average Bonchev–Trinajstić information content (AvgIpc) is 2.47. The van der Waals surface area contributed by atoms with Gasteiger partial charge in [0.15, 0.2) is 17.4 Å². The first-order chi connectivity index (χ1) is 10.1. The average molecular weight is 295 g/mol. The topological polar surface area (TPSA) is 38.5 Å². The normalized spacial score (nSPS) is 11.1. The summed E-state index contributed by atoms with van der Waals surface area (Å²) in [6.45, 7) is 4.04. The molecule has 0 amide bonds. The fourth-order valence-electron chi connectivity index (χ4n) is 2.07. The molecule has 0 saturated carbocycles. The lowest BCUT2D eigenvalue weighted by molar-refractivity contribution is -0.575. The first-order valence-corrected chi connectivity index (χ1v) is 7.81. The molecule has 2 rings (SSSR count). The van der Waals surface area contributed by atoms with E-state index in [0.29, 0.717) is 10.7 Å². The van der Waals surface area contributed by atoms with E-state index in [0.717, 1.165) is 16.8 Å². The monoisotopic (exact) mass is 295 g/mol. The number of hydrogen-bond donors (Lipinski definition) is 0. The molecule has 1 heterocycles. The zero-order chi connectivity index (χ0) is 15.2. The number of nitrogens with zero attached hydrogens (tertiary/aromatic N) is 3. The second-order valence-electron chi connectivity index (χ2n) is 4.71. The maximum Gasteiger partial charge on any atom is 0.263 e. The second-order valence-corrected chi connectivity index (χ2v) is 5.51. The van der Waals surface area contributed by atoms with Gasteiger partial charge in [0, 0.05) is 11.1 Å². The molecular formula is C17H17N3S. The highest BCUT2D eigenvalue weighted by atomic mass is 32.2. The van der Waals surface area contributed by atoms with Crippen molar-refractivity contribution in [2.45, 2.75) is 13.8 Å². The summed E-state index contributed by atoms with van der Waals surface area (Å²) in [7, 11) is 0. The van der Waals surface area contributed by atoms with Crippen molar-refractivity contribution in [3.63, 3.8) is 0 Å². The van der Waals surface area contributed by atoms with Crippen molar-refractivity contribution < 1.29 is 4.57 Å². The summed E-state index contributed by atoms with van der Waals surface area (Å²) in [4.78, 5) is 4.58. The van der Waals surface area contributed by atoms with Gasteiger partial charge >= 0.3 is 0 Å². The molecule has 0 bridgehead atoms. The van der Waals surface area contributed by atoms with Gasteiger partial charge < -0.3 is 5.41 Å². The molecule has 106 valence electrons. The minimum atomic E-state index is 0.540. The Labute approximate surface area is 129 Å². The number of hydrogen-bond acceptors (Lipinski definition) is 2. The van der Waals surface area contributed by atoms with E-state index in [9.17, 15) is 5.41 Å². The molecule has 0 fully saturated rings. The molecule has 0 aliphatic rings. The van der Waals surface area contributed by atoms with E-state index >= 15 is 0 Å². The van der Waals surface area contributed by atoms with E-state index in [4.69, 9.17) is 0 Å². The van der Waals surface area contributed by atoms with E-state index in [1.807, 2.05) is 67.4 Å². The smallest absolute Gasteiger partial charge is 0.263 e. The number of aliphatic imine (C=N–C) groups is 1. The van der Waals surface area contributed by atoms with Crippen LogP contribution >= 0.6 is 11.8 Å². The van der Waals surface area contributed by atoms with Crippen LogP contribution in [0.1, 0.15) is 11.1 Å². The zero-order valence-corrected chi connectivity index (χ0v) is 13.2. The van der Waals surface area contributed by atoms with E-state index in [2.05, 4.69) is 16.9 Å². The molecule has 4 heteroatoms. The van der Waals surface area contributed by atoms with Crippen LogP contribution in [-0.4, -0.2) is 17.2 Å². The fourth-order valence-corrected chi connectivity index (χ4v) is 2.61. The molecule has 0 saturated heterocycles. The van der Waals surface area contributed by atoms with Crippen LogP contribution in [0.3, 0.4) is 0 Å². The molecule has 3 nitrogen and oxygen atoms in total. The molecule has 1 aromatic heterocycles. The zero-order valence-electron chi connectivity index (χ0n) is 12.4. The van der Waals surface area contributed by atoms with Crippen molar-refractivity contribution in [3.05, 3.63) is 65.3 Å². The minimum absolute atomic E-state index is 0.540. The summed E-state index contributed by atoms with van der Waals surface area (Å²) in [6, 6.07) is 11.8. The third-order valence-electron chi connectivity index (χ3n) is 2.89. The molecule has 0 radical (unpaired) electrons. The maximum absolute atomic E-state index is 9.54. The Balaban J connectivity index is 2.48. The predicted octanol–water partition coefficient (Wildman–Crippen LogP) is 3.76. The van der Waals surface area contributed by atoms with Gasteiger partial charge in [-0.2, -0.15) is 10.4 Å². The number of rotatable bonds is 3. The molecule has 0 spiro atoms. The summed E-state index contributed by atoms with van der Waals surface area (Å²) in [5.41, 5.74) is 3.61. The van der Waals surface area contributed by atoms with Crippen molar-refractivity contribution >= 4 is 34.1 Å². The third kappa shape index (κ3) is 3.91. The van der Waals surface area contributed by atoms with E-state index < -0.39 is 0 Å². The highest BCUT2D eigenvalue weighted by Crippen LogP contribution is 2.17. The number of benzene rings is 1. The lowest BCUT2D eigenvalue weighted by Crippen LogP contribution is -2.36. The van der Waals surface area contributed by atoms with E-state index in [1.54, 1.807) is 0 Å². The quantitative estimate of drug-likeness (QED) is 0.482. The van der Waals surface area contributed by atoms with Gasteiger partial charge in [-0.15, -0.1) is 11.8 Å². The predicted molar refractivity (Wildman–Crippen MR) is 91.2 cm³/mol. The molecule has 0 unspecified atom stereocenters.